The molecule has 110 valence electrons. The summed E-state index contributed by atoms with van der Waals surface area (Å²) in [5.74, 6) is 0.524. The molecule has 1 aliphatic carbocycles. The molecule has 0 bridgehead atoms. The van der Waals surface area contributed by atoms with Gasteiger partial charge < -0.3 is 5.32 Å². The van der Waals surface area contributed by atoms with E-state index < -0.39 is 0 Å². The third-order valence-corrected chi connectivity index (χ3v) is 4.70. The number of nitrogens with zero attached hydrogens (tertiary/aromatic N) is 1. The average molecular weight is 297 g/mol. The molecule has 1 N–H and O–H groups in total. The molecule has 2 nitrogen and oxygen atoms in total. The lowest BCUT2D eigenvalue weighted by molar-refractivity contribution is 0.192. The van der Waals surface area contributed by atoms with Crippen LogP contribution in [0.15, 0.2) is 18.2 Å². The number of benzene rings is 1. The van der Waals surface area contributed by atoms with Crippen LogP contribution >= 0.6 is 11.6 Å². The first-order chi connectivity index (χ1) is 9.72. The van der Waals surface area contributed by atoms with Crippen molar-refractivity contribution < 1.29 is 4.39 Å². The number of rotatable bonds is 5. The fourth-order valence-corrected chi connectivity index (χ4v) is 3.25. The minimum absolute atomic E-state index is 0.195. The maximum Gasteiger partial charge on any atom is 0.123 e. The molecule has 2 aliphatic rings. The lowest BCUT2D eigenvalue weighted by Crippen LogP contribution is -2.39. The fourth-order valence-electron chi connectivity index (χ4n) is 3.08. The van der Waals surface area contributed by atoms with Gasteiger partial charge in [0.2, 0.25) is 0 Å². The van der Waals surface area contributed by atoms with E-state index in [9.17, 15) is 4.39 Å². The molecule has 1 saturated heterocycles. The van der Waals surface area contributed by atoms with Crippen LogP contribution in [0.5, 0.6) is 0 Å². The number of piperidine rings is 1. The highest BCUT2D eigenvalue weighted by Gasteiger charge is 2.31. The third-order valence-electron chi connectivity index (χ3n) is 4.34. The summed E-state index contributed by atoms with van der Waals surface area (Å²) in [6.45, 7) is 4.14. The number of hydrogen-bond acceptors (Lipinski definition) is 2. The molecule has 0 spiro atoms. The van der Waals surface area contributed by atoms with Gasteiger partial charge in [0.1, 0.15) is 5.82 Å². The van der Waals surface area contributed by atoms with Gasteiger partial charge in [-0.05, 0) is 68.5 Å². The van der Waals surface area contributed by atoms with Crippen LogP contribution in [0.3, 0.4) is 0 Å². The summed E-state index contributed by atoms with van der Waals surface area (Å²) in [6, 6.07) is 5.35. The highest BCUT2D eigenvalue weighted by Crippen LogP contribution is 2.31. The van der Waals surface area contributed by atoms with Crippen molar-refractivity contribution >= 4 is 11.6 Å². The van der Waals surface area contributed by atoms with E-state index in [0.717, 1.165) is 37.7 Å². The van der Waals surface area contributed by atoms with E-state index in [1.165, 1.54) is 31.7 Å². The molecular weight excluding hydrogens is 275 g/mol. The zero-order chi connectivity index (χ0) is 13.9. The summed E-state index contributed by atoms with van der Waals surface area (Å²) in [5, 5.41) is 4.15. The molecule has 1 saturated carbocycles. The Morgan fingerprint density at radius 2 is 2.15 bits per heavy atom. The predicted molar refractivity (Wildman–Crippen MR) is 80.4 cm³/mol. The Hall–Kier alpha value is -0.640. The van der Waals surface area contributed by atoms with Gasteiger partial charge in [-0.2, -0.15) is 0 Å². The molecule has 0 aromatic heterocycles. The third kappa shape index (κ3) is 3.72. The molecule has 20 heavy (non-hydrogen) atoms. The highest BCUT2D eigenvalue weighted by molar-refractivity contribution is 6.31. The van der Waals surface area contributed by atoms with Crippen molar-refractivity contribution in [3.05, 3.63) is 34.6 Å². The fraction of sp³-hybridized carbons (Fsp3) is 0.625. The summed E-state index contributed by atoms with van der Waals surface area (Å²) in [7, 11) is 0. The summed E-state index contributed by atoms with van der Waals surface area (Å²) >= 11 is 6.20. The highest BCUT2D eigenvalue weighted by atomic mass is 35.5. The van der Waals surface area contributed by atoms with Crippen molar-refractivity contribution in [3.8, 4) is 0 Å². The largest absolute Gasteiger partial charge is 0.316 e. The average Bonchev–Trinajstić information content (AvgIpc) is 3.28. The van der Waals surface area contributed by atoms with Gasteiger partial charge >= 0.3 is 0 Å². The van der Waals surface area contributed by atoms with Crippen LogP contribution in [-0.4, -0.2) is 30.6 Å². The van der Waals surface area contributed by atoms with E-state index in [1.54, 1.807) is 12.1 Å². The van der Waals surface area contributed by atoms with Gasteiger partial charge in [0.05, 0.1) is 0 Å². The van der Waals surface area contributed by atoms with Gasteiger partial charge in [-0.1, -0.05) is 11.6 Å². The standard InChI is InChI=1S/C16H22ClFN2/c17-16-6-3-14(18)8-13(16)11-20(15-4-5-15)10-12-2-1-7-19-9-12/h3,6,8,12,15,19H,1-2,4-5,7,9-11H2. The van der Waals surface area contributed by atoms with Crippen LogP contribution in [0.4, 0.5) is 4.39 Å². The number of halogens is 2. The minimum Gasteiger partial charge on any atom is -0.316 e. The van der Waals surface area contributed by atoms with Gasteiger partial charge in [-0.25, -0.2) is 4.39 Å². The van der Waals surface area contributed by atoms with E-state index >= 15 is 0 Å². The van der Waals surface area contributed by atoms with E-state index in [-0.39, 0.29) is 5.82 Å². The van der Waals surface area contributed by atoms with Crippen molar-refractivity contribution in [2.24, 2.45) is 5.92 Å². The SMILES string of the molecule is Fc1ccc(Cl)c(CN(CC2CCCNC2)C2CC2)c1. The molecule has 0 radical (unpaired) electrons. The summed E-state index contributed by atoms with van der Waals surface area (Å²) in [5.41, 5.74) is 0.919. The maximum absolute atomic E-state index is 13.4. The molecular formula is C16H22ClFN2. The zero-order valence-electron chi connectivity index (χ0n) is 11.7. The molecule has 4 heteroatoms. The van der Waals surface area contributed by atoms with Crippen LogP contribution in [0.2, 0.25) is 5.02 Å². The first-order valence-electron chi connectivity index (χ1n) is 7.61. The summed E-state index contributed by atoms with van der Waals surface area (Å²) in [4.78, 5) is 2.50. The van der Waals surface area contributed by atoms with E-state index in [1.807, 2.05) is 0 Å². The van der Waals surface area contributed by atoms with Crippen LogP contribution in [-0.2, 0) is 6.54 Å². The van der Waals surface area contributed by atoms with Crippen molar-refractivity contribution in [1.29, 1.82) is 0 Å². The Balaban J connectivity index is 1.66. The van der Waals surface area contributed by atoms with Crippen molar-refractivity contribution in [2.75, 3.05) is 19.6 Å². The molecule has 3 rings (SSSR count). The van der Waals surface area contributed by atoms with Crippen molar-refractivity contribution in [2.45, 2.75) is 38.3 Å². The second kappa shape index (κ2) is 6.42. The van der Waals surface area contributed by atoms with E-state index in [4.69, 9.17) is 11.6 Å². The Kier molecular flexibility index (Phi) is 4.59. The lowest BCUT2D eigenvalue weighted by Gasteiger charge is -2.30. The second-order valence-electron chi connectivity index (χ2n) is 6.11. The minimum atomic E-state index is -0.195. The number of nitrogens with one attached hydrogen (secondary N) is 1. The summed E-state index contributed by atoms with van der Waals surface area (Å²) in [6.07, 6.45) is 5.11. The van der Waals surface area contributed by atoms with Crippen LogP contribution in [0.25, 0.3) is 0 Å². The molecule has 1 heterocycles. The first-order valence-corrected chi connectivity index (χ1v) is 7.99. The van der Waals surface area contributed by atoms with Gasteiger partial charge in [0.25, 0.3) is 0 Å². The maximum atomic E-state index is 13.4. The quantitative estimate of drug-likeness (QED) is 0.895. The Labute approximate surface area is 125 Å². The molecule has 1 aliphatic heterocycles. The normalized spacial score (nSPS) is 23.2. The van der Waals surface area contributed by atoms with Gasteiger partial charge in [-0.15, -0.1) is 0 Å². The molecule has 0 amide bonds. The van der Waals surface area contributed by atoms with Crippen LogP contribution in [0.1, 0.15) is 31.2 Å². The lowest BCUT2D eigenvalue weighted by atomic mass is 9.98. The van der Waals surface area contributed by atoms with Crippen molar-refractivity contribution in [3.63, 3.8) is 0 Å². The first kappa shape index (κ1) is 14.3. The molecule has 1 unspecified atom stereocenters. The van der Waals surface area contributed by atoms with Crippen molar-refractivity contribution in [1.82, 2.24) is 10.2 Å². The predicted octanol–water partition coefficient (Wildman–Crippen LogP) is 3.44. The van der Waals surface area contributed by atoms with Gasteiger partial charge in [-0.3, -0.25) is 4.90 Å². The van der Waals surface area contributed by atoms with Gasteiger partial charge in [0, 0.05) is 24.2 Å². The molecule has 1 atom stereocenters. The van der Waals surface area contributed by atoms with Crippen LogP contribution < -0.4 is 5.32 Å². The molecule has 1 aromatic rings. The monoisotopic (exact) mass is 296 g/mol. The zero-order valence-corrected chi connectivity index (χ0v) is 12.5. The molecule has 2 fully saturated rings. The Morgan fingerprint density at radius 1 is 1.30 bits per heavy atom. The summed E-state index contributed by atoms with van der Waals surface area (Å²) < 4.78 is 13.4. The molecule has 1 aromatic carbocycles. The van der Waals surface area contributed by atoms with Gasteiger partial charge in [0.15, 0.2) is 0 Å². The Bertz CT molecular complexity index is 456. The van der Waals surface area contributed by atoms with Crippen LogP contribution in [0, 0.1) is 11.7 Å². The number of hydrogen-bond donors (Lipinski definition) is 1. The van der Waals surface area contributed by atoms with E-state index in [2.05, 4.69) is 10.2 Å². The van der Waals surface area contributed by atoms with E-state index in [0.29, 0.717) is 11.1 Å². The second-order valence-corrected chi connectivity index (χ2v) is 6.52. The topological polar surface area (TPSA) is 15.3 Å². The Morgan fingerprint density at radius 3 is 2.85 bits per heavy atom. The smallest absolute Gasteiger partial charge is 0.123 e.